The second-order valence-corrected chi connectivity index (χ2v) is 6.50. The number of amides is 2. The third kappa shape index (κ3) is 4.23. The van der Waals surface area contributed by atoms with Crippen molar-refractivity contribution in [2.75, 3.05) is 13.2 Å². The summed E-state index contributed by atoms with van der Waals surface area (Å²) in [6.45, 7) is 3.05. The molecule has 134 valence electrons. The van der Waals surface area contributed by atoms with Gasteiger partial charge in [0.1, 0.15) is 5.75 Å². The normalized spacial score (nSPS) is 17.9. The lowest BCUT2D eigenvalue weighted by Gasteiger charge is -2.20. The fourth-order valence-corrected chi connectivity index (χ4v) is 3.23. The number of aliphatic hydroxyl groups is 1. The highest BCUT2D eigenvalue weighted by molar-refractivity contribution is 5.90. The van der Waals surface area contributed by atoms with E-state index in [1.165, 1.54) is 0 Å². The number of rotatable bonds is 5. The summed E-state index contributed by atoms with van der Waals surface area (Å²) >= 11 is 0. The maximum atomic E-state index is 12.2. The first-order chi connectivity index (χ1) is 12.2. The second-order valence-electron chi connectivity index (χ2n) is 6.50. The molecule has 1 heterocycles. The molecule has 0 saturated heterocycles. The maximum Gasteiger partial charge on any atom is 0.315 e. The van der Waals surface area contributed by atoms with Gasteiger partial charge in [0.05, 0.1) is 18.8 Å². The molecule has 2 amide bonds. The minimum Gasteiger partial charge on any atom is -0.493 e. The third-order valence-electron chi connectivity index (χ3n) is 4.71. The number of hydrogen-bond donors (Lipinski definition) is 3. The van der Waals surface area contributed by atoms with Gasteiger partial charge in [-0.15, -0.1) is 0 Å². The van der Waals surface area contributed by atoms with Crippen molar-refractivity contribution in [3.63, 3.8) is 0 Å². The van der Waals surface area contributed by atoms with E-state index in [1.54, 1.807) is 0 Å². The van der Waals surface area contributed by atoms with Crippen LogP contribution in [-0.4, -0.2) is 30.4 Å². The largest absolute Gasteiger partial charge is 0.493 e. The van der Waals surface area contributed by atoms with Gasteiger partial charge in [0.2, 0.25) is 0 Å². The van der Waals surface area contributed by atoms with E-state index in [2.05, 4.69) is 34.9 Å². The molecule has 2 aromatic rings. The third-order valence-corrected chi connectivity index (χ3v) is 4.71. The minimum atomic E-state index is -0.362. The van der Waals surface area contributed by atoms with Crippen LogP contribution in [0.25, 0.3) is 10.8 Å². The zero-order valence-electron chi connectivity index (χ0n) is 14.6. The summed E-state index contributed by atoms with van der Waals surface area (Å²) in [5, 5.41) is 17.7. The van der Waals surface area contributed by atoms with Crippen LogP contribution < -0.4 is 15.4 Å². The molecule has 0 aliphatic carbocycles. The fourth-order valence-electron chi connectivity index (χ4n) is 3.23. The first kappa shape index (κ1) is 17.5. The lowest BCUT2D eigenvalue weighted by atomic mass is 9.98. The number of nitrogens with one attached hydrogen (secondary N) is 2. The lowest BCUT2D eigenvalue weighted by molar-refractivity contribution is 0.160. The van der Waals surface area contributed by atoms with Gasteiger partial charge in [-0.2, -0.15) is 0 Å². The molecule has 5 heteroatoms. The summed E-state index contributed by atoms with van der Waals surface area (Å²) in [4.78, 5) is 12.2. The van der Waals surface area contributed by atoms with E-state index < -0.39 is 0 Å². The molecule has 3 N–H and O–H groups in total. The topological polar surface area (TPSA) is 70.6 Å². The van der Waals surface area contributed by atoms with E-state index in [4.69, 9.17) is 4.74 Å². The smallest absolute Gasteiger partial charge is 0.315 e. The molecule has 0 saturated carbocycles. The van der Waals surface area contributed by atoms with Crippen LogP contribution in [-0.2, 0) is 0 Å². The average molecular weight is 342 g/mol. The summed E-state index contributed by atoms with van der Waals surface area (Å²) in [6, 6.07) is 12.0. The fraction of sp³-hybridized carbons (Fsp3) is 0.450. The molecule has 0 radical (unpaired) electrons. The Bertz CT molecular complexity index is 732. The van der Waals surface area contributed by atoms with Crippen molar-refractivity contribution in [2.45, 2.75) is 44.8 Å². The minimum absolute atomic E-state index is 0.0711. The molecular weight excluding hydrogens is 316 g/mol. The molecule has 2 aromatic carbocycles. The van der Waals surface area contributed by atoms with Gasteiger partial charge in [-0.3, -0.25) is 0 Å². The molecule has 2 atom stereocenters. The Balaban J connectivity index is 1.73. The molecule has 0 spiro atoms. The van der Waals surface area contributed by atoms with E-state index in [9.17, 15) is 9.90 Å². The van der Waals surface area contributed by atoms with Crippen molar-refractivity contribution in [1.29, 1.82) is 0 Å². The van der Waals surface area contributed by atoms with Crippen molar-refractivity contribution in [1.82, 2.24) is 10.6 Å². The van der Waals surface area contributed by atoms with E-state index in [1.807, 2.05) is 19.1 Å². The summed E-state index contributed by atoms with van der Waals surface area (Å²) in [7, 11) is 0. The van der Waals surface area contributed by atoms with Crippen molar-refractivity contribution in [3.05, 3.63) is 42.0 Å². The van der Waals surface area contributed by atoms with E-state index >= 15 is 0 Å². The highest BCUT2D eigenvalue weighted by Crippen LogP contribution is 2.37. The van der Waals surface area contributed by atoms with Crippen LogP contribution >= 0.6 is 0 Å². The molecule has 0 bridgehead atoms. The van der Waals surface area contributed by atoms with Gasteiger partial charge in [0, 0.05) is 17.5 Å². The highest BCUT2D eigenvalue weighted by Gasteiger charge is 2.23. The Labute approximate surface area is 148 Å². The van der Waals surface area contributed by atoms with E-state index in [0.717, 1.165) is 34.9 Å². The van der Waals surface area contributed by atoms with Gasteiger partial charge < -0.3 is 20.5 Å². The van der Waals surface area contributed by atoms with Crippen LogP contribution in [0.4, 0.5) is 4.79 Å². The van der Waals surface area contributed by atoms with Gasteiger partial charge in [-0.25, -0.2) is 4.79 Å². The summed E-state index contributed by atoms with van der Waals surface area (Å²) < 4.78 is 6.00. The maximum absolute atomic E-state index is 12.2. The van der Waals surface area contributed by atoms with Crippen molar-refractivity contribution in [3.8, 4) is 5.75 Å². The van der Waals surface area contributed by atoms with Gasteiger partial charge in [-0.05, 0) is 31.1 Å². The van der Waals surface area contributed by atoms with Crippen LogP contribution in [0.5, 0.6) is 5.75 Å². The number of carbonyl (C=O) groups excluding carboxylic acids is 1. The zero-order chi connectivity index (χ0) is 17.6. The number of hydrogen-bond acceptors (Lipinski definition) is 3. The summed E-state index contributed by atoms with van der Waals surface area (Å²) in [5.41, 5.74) is 1.03. The molecule has 1 aliphatic heterocycles. The monoisotopic (exact) mass is 342 g/mol. The molecule has 1 aliphatic rings. The molecule has 25 heavy (non-hydrogen) atoms. The van der Waals surface area contributed by atoms with Crippen LogP contribution in [0.1, 0.15) is 44.2 Å². The molecule has 0 aromatic heterocycles. The molecule has 3 rings (SSSR count). The Morgan fingerprint density at radius 2 is 2.16 bits per heavy atom. The van der Waals surface area contributed by atoms with Crippen LogP contribution in [0.15, 0.2) is 36.4 Å². The average Bonchev–Trinajstić information content (AvgIpc) is 2.84. The number of carbonyl (C=O) groups is 1. The van der Waals surface area contributed by atoms with Gasteiger partial charge in [0.15, 0.2) is 0 Å². The van der Waals surface area contributed by atoms with Crippen LogP contribution in [0.2, 0.25) is 0 Å². The summed E-state index contributed by atoms with van der Waals surface area (Å²) in [5.74, 6) is 0.877. The standard InChI is InChI=1S/C20H26N2O3/c1-2-15(23)11-12-21-20(24)22-18-8-5-13-25-19-16-7-4-3-6-14(16)9-10-17(18)19/h3-4,6-7,9-10,15,18,23H,2,5,8,11-13H2,1H3,(H2,21,22,24). The molecular formula is C20H26N2O3. The Morgan fingerprint density at radius 3 is 3.00 bits per heavy atom. The van der Waals surface area contributed by atoms with Crippen LogP contribution in [0, 0.1) is 0 Å². The molecule has 2 unspecified atom stereocenters. The van der Waals surface area contributed by atoms with Crippen molar-refractivity contribution < 1.29 is 14.6 Å². The van der Waals surface area contributed by atoms with Gasteiger partial charge in [0.25, 0.3) is 0 Å². The van der Waals surface area contributed by atoms with Gasteiger partial charge in [-0.1, -0.05) is 43.3 Å². The number of aliphatic hydroxyl groups excluding tert-OH is 1. The van der Waals surface area contributed by atoms with Crippen LogP contribution in [0.3, 0.4) is 0 Å². The SMILES string of the molecule is CCC(O)CCNC(=O)NC1CCCOc2c1ccc1ccccc21. The number of urea groups is 1. The van der Waals surface area contributed by atoms with E-state index in [0.29, 0.717) is 26.0 Å². The summed E-state index contributed by atoms with van der Waals surface area (Å²) in [6.07, 6.45) is 2.64. The Kier molecular flexibility index (Phi) is 5.76. The quantitative estimate of drug-likeness (QED) is 0.779. The van der Waals surface area contributed by atoms with Gasteiger partial charge >= 0.3 is 6.03 Å². The predicted octanol–water partition coefficient (Wildman–Crippen LogP) is 3.51. The number of benzene rings is 2. The molecule has 0 fully saturated rings. The molecule has 5 nitrogen and oxygen atoms in total. The predicted molar refractivity (Wildman–Crippen MR) is 98.9 cm³/mol. The lowest BCUT2D eigenvalue weighted by Crippen LogP contribution is -2.39. The highest BCUT2D eigenvalue weighted by atomic mass is 16.5. The first-order valence-corrected chi connectivity index (χ1v) is 9.06. The Hall–Kier alpha value is -2.27. The van der Waals surface area contributed by atoms with Crippen molar-refractivity contribution >= 4 is 16.8 Å². The Morgan fingerprint density at radius 1 is 1.32 bits per heavy atom. The van der Waals surface area contributed by atoms with E-state index in [-0.39, 0.29) is 18.2 Å². The van der Waals surface area contributed by atoms with Crippen molar-refractivity contribution in [2.24, 2.45) is 0 Å². The first-order valence-electron chi connectivity index (χ1n) is 9.06. The second kappa shape index (κ2) is 8.21. The number of ether oxygens (including phenoxy) is 1. The zero-order valence-corrected chi connectivity index (χ0v) is 14.6. The number of fused-ring (bicyclic) bond motifs is 3.